The molecule has 1 saturated heterocycles. The van der Waals surface area contributed by atoms with Gasteiger partial charge in [0.2, 0.25) is 0 Å². The second-order valence-electron chi connectivity index (χ2n) is 8.05. The minimum Gasteiger partial charge on any atom is -0.296 e. The normalized spacial score (nSPS) is 22.1. The van der Waals surface area contributed by atoms with Crippen LogP contribution in [0.1, 0.15) is 39.2 Å². The van der Waals surface area contributed by atoms with Gasteiger partial charge in [-0.3, -0.25) is 9.47 Å². The van der Waals surface area contributed by atoms with Crippen molar-refractivity contribution in [2.24, 2.45) is 5.92 Å². The molecule has 0 radical (unpaired) electrons. The molecule has 0 spiro atoms. The van der Waals surface area contributed by atoms with Crippen LogP contribution in [-0.2, 0) is 16.5 Å². The van der Waals surface area contributed by atoms with Crippen LogP contribution in [0.5, 0.6) is 0 Å². The molecule has 2 fully saturated rings. The summed E-state index contributed by atoms with van der Waals surface area (Å²) in [6, 6.07) is 4.62. The minimum atomic E-state index is -2.92. The minimum absolute atomic E-state index is 0.0514. The van der Waals surface area contributed by atoms with Crippen LogP contribution in [0.4, 0.5) is 0 Å². The van der Waals surface area contributed by atoms with Crippen LogP contribution < -0.4 is 0 Å². The van der Waals surface area contributed by atoms with Crippen molar-refractivity contribution in [2.75, 3.05) is 18.1 Å². The fourth-order valence-electron chi connectivity index (χ4n) is 3.77. The SMILES string of the molecule is CC(C)CN(Cn1nc(-c2cccs2)n(C2CC2)c1=S)C1CCS(=O)(=O)C1. The van der Waals surface area contributed by atoms with Gasteiger partial charge in [0.15, 0.2) is 20.4 Å². The van der Waals surface area contributed by atoms with Crippen LogP contribution in [0.2, 0.25) is 0 Å². The summed E-state index contributed by atoms with van der Waals surface area (Å²) in [7, 11) is -2.92. The van der Waals surface area contributed by atoms with Crippen molar-refractivity contribution in [3.05, 3.63) is 22.3 Å². The molecule has 0 N–H and O–H groups in total. The quantitative estimate of drug-likeness (QED) is 0.634. The van der Waals surface area contributed by atoms with E-state index in [4.69, 9.17) is 17.3 Å². The van der Waals surface area contributed by atoms with Crippen molar-refractivity contribution in [2.45, 2.75) is 51.9 Å². The monoisotopic (exact) mass is 426 g/mol. The van der Waals surface area contributed by atoms with Crippen LogP contribution >= 0.6 is 23.6 Å². The first-order chi connectivity index (χ1) is 12.8. The number of aromatic nitrogens is 3. The summed E-state index contributed by atoms with van der Waals surface area (Å²) in [4.78, 5) is 3.39. The average molecular weight is 427 g/mol. The van der Waals surface area contributed by atoms with Crippen LogP contribution in [0.3, 0.4) is 0 Å². The summed E-state index contributed by atoms with van der Waals surface area (Å²) >= 11 is 7.45. The maximum Gasteiger partial charge on any atom is 0.199 e. The number of rotatable bonds is 7. The van der Waals surface area contributed by atoms with Gasteiger partial charge in [0, 0.05) is 18.6 Å². The van der Waals surface area contributed by atoms with Crippen molar-refractivity contribution in [3.63, 3.8) is 0 Å². The lowest BCUT2D eigenvalue weighted by Gasteiger charge is -2.29. The summed E-state index contributed by atoms with van der Waals surface area (Å²) in [6.45, 7) is 5.72. The van der Waals surface area contributed by atoms with Gasteiger partial charge < -0.3 is 0 Å². The Labute approximate surface area is 169 Å². The van der Waals surface area contributed by atoms with Gasteiger partial charge in [0.1, 0.15) is 0 Å². The molecule has 4 rings (SSSR count). The van der Waals surface area contributed by atoms with E-state index in [9.17, 15) is 8.42 Å². The Morgan fingerprint density at radius 2 is 2.15 bits per heavy atom. The highest BCUT2D eigenvalue weighted by Gasteiger charge is 2.34. The van der Waals surface area contributed by atoms with Crippen molar-refractivity contribution in [3.8, 4) is 10.7 Å². The highest BCUT2D eigenvalue weighted by molar-refractivity contribution is 7.91. The van der Waals surface area contributed by atoms with E-state index in [1.54, 1.807) is 11.3 Å². The van der Waals surface area contributed by atoms with E-state index in [0.717, 1.165) is 34.9 Å². The molecule has 2 aliphatic rings. The van der Waals surface area contributed by atoms with E-state index in [2.05, 4.69) is 34.8 Å². The Hall–Kier alpha value is -1.03. The van der Waals surface area contributed by atoms with Crippen molar-refractivity contribution in [1.29, 1.82) is 0 Å². The molecule has 1 saturated carbocycles. The number of hydrogen-bond donors (Lipinski definition) is 0. The van der Waals surface area contributed by atoms with Crippen LogP contribution in [-0.4, -0.2) is 51.8 Å². The fourth-order valence-corrected chi connectivity index (χ4v) is 6.58. The van der Waals surface area contributed by atoms with E-state index in [1.807, 2.05) is 10.7 Å². The standard InChI is InChI=1S/C18H26N4O2S3/c1-13(2)10-20(15-7-9-27(23,24)11-15)12-21-18(25)22(14-5-6-14)17(19-21)16-4-3-8-26-16/h3-4,8,13-15H,5-7,9-12H2,1-2H3. The second-order valence-corrected chi connectivity index (χ2v) is 11.6. The first kappa shape index (κ1) is 19.3. The maximum absolute atomic E-state index is 12.0. The molecule has 0 bridgehead atoms. The smallest absolute Gasteiger partial charge is 0.199 e. The first-order valence-electron chi connectivity index (χ1n) is 9.52. The van der Waals surface area contributed by atoms with Crippen molar-refractivity contribution in [1.82, 2.24) is 19.2 Å². The number of nitrogens with zero attached hydrogens (tertiary/aromatic N) is 4. The summed E-state index contributed by atoms with van der Waals surface area (Å²) in [6.07, 6.45) is 2.99. The lowest BCUT2D eigenvalue weighted by Crippen LogP contribution is -2.40. The predicted molar refractivity (Wildman–Crippen MR) is 111 cm³/mol. The average Bonchev–Trinajstić information content (AvgIpc) is 3.02. The Bertz CT molecular complexity index is 955. The van der Waals surface area contributed by atoms with Crippen molar-refractivity contribution < 1.29 is 8.42 Å². The lowest BCUT2D eigenvalue weighted by atomic mass is 10.1. The zero-order chi connectivity index (χ0) is 19.2. The van der Waals surface area contributed by atoms with Gasteiger partial charge in [-0.15, -0.1) is 16.4 Å². The van der Waals surface area contributed by atoms with E-state index in [1.165, 1.54) is 0 Å². The third kappa shape index (κ3) is 4.21. The molecule has 2 aromatic rings. The van der Waals surface area contributed by atoms with Crippen molar-refractivity contribution >= 4 is 33.4 Å². The Kier molecular flexibility index (Phi) is 5.30. The molecule has 0 amide bonds. The summed E-state index contributed by atoms with van der Waals surface area (Å²) < 4.78 is 28.8. The fraction of sp³-hybridized carbons (Fsp3) is 0.667. The maximum atomic E-state index is 12.0. The molecule has 3 heterocycles. The first-order valence-corrected chi connectivity index (χ1v) is 12.6. The zero-order valence-corrected chi connectivity index (χ0v) is 18.2. The molecule has 27 heavy (non-hydrogen) atoms. The summed E-state index contributed by atoms with van der Waals surface area (Å²) in [5, 5.41) is 6.92. The molecule has 6 nitrogen and oxygen atoms in total. The topological polar surface area (TPSA) is 60.1 Å². The molecule has 1 aliphatic carbocycles. The molecule has 0 aromatic carbocycles. The van der Waals surface area contributed by atoms with E-state index in [0.29, 0.717) is 25.0 Å². The summed E-state index contributed by atoms with van der Waals surface area (Å²) in [5.74, 6) is 1.92. The van der Waals surface area contributed by atoms with Gasteiger partial charge in [0.05, 0.1) is 23.1 Å². The second kappa shape index (κ2) is 7.42. The van der Waals surface area contributed by atoms with Crippen LogP contribution in [0, 0.1) is 10.7 Å². The molecule has 1 unspecified atom stereocenters. The molecule has 2 aromatic heterocycles. The highest BCUT2D eigenvalue weighted by atomic mass is 32.2. The zero-order valence-electron chi connectivity index (χ0n) is 15.7. The van der Waals surface area contributed by atoms with E-state index < -0.39 is 9.84 Å². The van der Waals surface area contributed by atoms with Gasteiger partial charge in [-0.25, -0.2) is 13.1 Å². The number of sulfone groups is 1. The lowest BCUT2D eigenvalue weighted by molar-refractivity contribution is 0.137. The molecular weight excluding hydrogens is 400 g/mol. The van der Waals surface area contributed by atoms with Gasteiger partial charge in [-0.05, 0) is 48.8 Å². The van der Waals surface area contributed by atoms with E-state index in [-0.39, 0.29) is 17.5 Å². The Balaban J connectivity index is 1.65. The van der Waals surface area contributed by atoms with Crippen LogP contribution in [0.15, 0.2) is 17.5 Å². The molecule has 9 heteroatoms. The summed E-state index contributed by atoms with van der Waals surface area (Å²) in [5.41, 5.74) is 0. The largest absolute Gasteiger partial charge is 0.296 e. The molecule has 1 aliphatic heterocycles. The van der Waals surface area contributed by atoms with Gasteiger partial charge in [-0.2, -0.15) is 0 Å². The predicted octanol–water partition coefficient (Wildman–Crippen LogP) is 3.58. The van der Waals surface area contributed by atoms with Gasteiger partial charge in [-0.1, -0.05) is 19.9 Å². The van der Waals surface area contributed by atoms with Crippen LogP contribution in [0.25, 0.3) is 10.7 Å². The Morgan fingerprint density at radius 1 is 1.37 bits per heavy atom. The van der Waals surface area contributed by atoms with E-state index >= 15 is 0 Å². The third-order valence-electron chi connectivity index (χ3n) is 5.16. The van der Waals surface area contributed by atoms with Gasteiger partial charge >= 0.3 is 0 Å². The Morgan fingerprint density at radius 3 is 2.70 bits per heavy atom. The third-order valence-corrected chi connectivity index (χ3v) is 8.19. The number of thiophene rings is 1. The van der Waals surface area contributed by atoms with Gasteiger partial charge in [0.25, 0.3) is 0 Å². The molecule has 148 valence electrons. The highest BCUT2D eigenvalue weighted by Crippen LogP contribution is 2.39. The number of hydrogen-bond acceptors (Lipinski definition) is 6. The molecule has 1 atom stereocenters. The molecular formula is C18H26N4O2S3.